The highest BCUT2D eigenvalue weighted by atomic mass is 35.5. The second-order valence-corrected chi connectivity index (χ2v) is 6.68. The highest BCUT2D eigenvalue weighted by Crippen LogP contribution is 2.22. The van der Waals surface area contributed by atoms with Crippen LogP contribution in [0.25, 0.3) is 10.8 Å². The van der Waals surface area contributed by atoms with Gasteiger partial charge in [-0.3, -0.25) is 9.59 Å². The van der Waals surface area contributed by atoms with E-state index in [0.717, 1.165) is 16.3 Å². The average Bonchev–Trinajstić information content (AvgIpc) is 2.70. The molecule has 3 aromatic rings. The molecule has 0 fully saturated rings. The first kappa shape index (κ1) is 19.7. The standard InChI is InChI=1S/C22H21ClN2O3/c23-19-7-3-4-8-20(19)28-15-22(27)25-12-11-24-21(26)14-16-9-10-17-5-1-2-6-18(17)13-16/h1-10,13H,11-12,14-15H2,(H,24,26)(H,25,27). The lowest BCUT2D eigenvalue weighted by Crippen LogP contribution is -2.37. The number of carbonyl (C=O) groups excluding carboxylic acids is 2. The Morgan fingerprint density at radius 3 is 2.29 bits per heavy atom. The summed E-state index contributed by atoms with van der Waals surface area (Å²) in [4.78, 5) is 23.9. The van der Waals surface area contributed by atoms with Crippen molar-refractivity contribution in [2.24, 2.45) is 0 Å². The van der Waals surface area contributed by atoms with Gasteiger partial charge in [0.05, 0.1) is 11.4 Å². The normalized spacial score (nSPS) is 10.5. The minimum absolute atomic E-state index is 0.0863. The fraction of sp³-hybridized carbons (Fsp3) is 0.182. The summed E-state index contributed by atoms with van der Waals surface area (Å²) in [6.07, 6.45) is 0.300. The Hall–Kier alpha value is -3.05. The Balaban J connectivity index is 1.35. The molecule has 0 radical (unpaired) electrons. The SMILES string of the molecule is O=C(COc1ccccc1Cl)NCCNC(=O)Cc1ccc2ccccc2c1. The molecule has 5 nitrogen and oxygen atoms in total. The first-order valence-corrected chi connectivity index (χ1v) is 9.38. The Bertz CT molecular complexity index is 975. The molecule has 28 heavy (non-hydrogen) atoms. The predicted octanol–water partition coefficient (Wildman–Crippen LogP) is 3.35. The molecule has 2 amide bonds. The van der Waals surface area contributed by atoms with Gasteiger partial charge < -0.3 is 15.4 Å². The van der Waals surface area contributed by atoms with E-state index in [4.69, 9.17) is 16.3 Å². The van der Waals surface area contributed by atoms with Crippen LogP contribution in [0.1, 0.15) is 5.56 Å². The van der Waals surface area contributed by atoms with Crippen molar-refractivity contribution in [3.63, 3.8) is 0 Å². The monoisotopic (exact) mass is 396 g/mol. The number of ether oxygens (including phenoxy) is 1. The molecule has 0 aliphatic heterocycles. The van der Waals surface area contributed by atoms with E-state index in [9.17, 15) is 9.59 Å². The Morgan fingerprint density at radius 1 is 0.821 bits per heavy atom. The summed E-state index contributed by atoms with van der Waals surface area (Å²) in [6.45, 7) is 0.549. The molecule has 0 saturated carbocycles. The summed E-state index contributed by atoms with van der Waals surface area (Å²) in [6, 6.07) is 21.0. The van der Waals surface area contributed by atoms with Crippen molar-refractivity contribution in [3.8, 4) is 5.75 Å². The summed E-state index contributed by atoms with van der Waals surface area (Å²) < 4.78 is 5.36. The molecular formula is C22H21ClN2O3. The van der Waals surface area contributed by atoms with Crippen LogP contribution in [0.3, 0.4) is 0 Å². The predicted molar refractivity (Wildman–Crippen MR) is 111 cm³/mol. The van der Waals surface area contributed by atoms with Crippen LogP contribution in [0.4, 0.5) is 0 Å². The number of nitrogens with one attached hydrogen (secondary N) is 2. The van der Waals surface area contributed by atoms with Crippen LogP contribution in [0.5, 0.6) is 5.75 Å². The minimum atomic E-state index is -0.274. The third-order valence-corrected chi connectivity index (χ3v) is 4.46. The third kappa shape index (κ3) is 5.72. The van der Waals surface area contributed by atoms with Gasteiger partial charge in [-0.25, -0.2) is 0 Å². The Kier molecular flexibility index (Phi) is 6.87. The zero-order valence-electron chi connectivity index (χ0n) is 15.3. The lowest BCUT2D eigenvalue weighted by atomic mass is 10.1. The summed E-state index contributed by atoms with van der Waals surface area (Å²) in [5.41, 5.74) is 0.952. The van der Waals surface area contributed by atoms with E-state index >= 15 is 0 Å². The quantitative estimate of drug-likeness (QED) is 0.574. The van der Waals surface area contributed by atoms with Gasteiger partial charge in [-0.15, -0.1) is 0 Å². The molecule has 0 spiro atoms. The summed E-state index contributed by atoms with van der Waals surface area (Å²) in [5.74, 6) is 0.101. The van der Waals surface area contributed by atoms with Crippen molar-refractivity contribution in [1.29, 1.82) is 0 Å². The van der Waals surface area contributed by atoms with E-state index in [1.165, 1.54) is 0 Å². The molecule has 3 aromatic carbocycles. The first-order valence-electron chi connectivity index (χ1n) is 9.00. The smallest absolute Gasteiger partial charge is 0.258 e. The van der Waals surface area contributed by atoms with E-state index in [2.05, 4.69) is 10.6 Å². The largest absolute Gasteiger partial charge is 0.482 e. The second kappa shape index (κ2) is 9.76. The van der Waals surface area contributed by atoms with E-state index < -0.39 is 0 Å². The molecule has 0 saturated heterocycles. The fourth-order valence-corrected chi connectivity index (χ4v) is 2.95. The molecule has 0 bridgehead atoms. The van der Waals surface area contributed by atoms with Gasteiger partial charge >= 0.3 is 0 Å². The summed E-state index contributed by atoms with van der Waals surface area (Å²) >= 11 is 5.96. The minimum Gasteiger partial charge on any atom is -0.482 e. The van der Waals surface area contributed by atoms with Gasteiger partial charge in [0.25, 0.3) is 5.91 Å². The molecular weight excluding hydrogens is 376 g/mol. The van der Waals surface area contributed by atoms with Gasteiger partial charge in [-0.05, 0) is 28.5 Å². The first-order chi connectivity index (χ1) is 13.6. The number of hydrogen-bond donors (Lipinski definition) is 2. The van der Waals surface area contributed by atoms with Crippen molar-refractivity contribution in [3.05, 3.63) is 77.3 Å². The van der Waals surface area contributed by atoms with Gasteiger partial charge in [-0.1, -0.05) is 66.2 Å². The van der Waals surface area contributed by atoms with Crippen LogP contribution in [0, 0.1) is 0 Å². The van der Waals surface area contributed by atoms with Crippen LogP contribution in [-0.4, -0.2) is 31.5 Å². The highest BCUT2D eigenvalue weighted by Gasteiger charge is 2.06. The van der Waals surface area contributed by atoms with Crippen molar-refractivity contribution in [2.45, 2.75) is 6.42 Å². The van der Waals surface area contributed by atoms with Crippen LogP contribution in [0.2, 0.25) is 5.02 Å². The fourth-order valence-electron chi connectivity index (χ4n) is 2.76. The van der Waals surface area contributed by atoms with E-state index in [1.807, 2.05) is 42.5 Å². The maximum absolute atomic E-state index is 12.1. The van der Waals surface area contributed by atoms with Crippen LogP contribution in [-0.2, 0) is 16.0 Å². The lowest BCUT2D eigenvalue weighted by Gasteiger charge is -2.09. The van der Waals surface area contributed by atoms with Crippen LogP contribution in [0.15, 0.2) is 66.7 Å². The second-order valence-electron chi connectivity index (χ2n) is 6.28. The Morgan fingerprint density at radius 2 is 1.50 bits per heavy atom. The number of hydrogen-bond acceptors (Lipinski definition) is 3. The molecule has 144 valence electrons. The van der Waals surface area contributed by atoms with Gasteiger partial charge in [-0.2, -0.15) is 0 Å². The number of rotatable bonds is 8. The van der Waals surface area contributed by atoms with Crippen molar-refractivity contribution < 1.29 is 14.3 Å². The van der Waals surface area contributed by atoms with Gasteiger partial charge in [0.15, 0.2) is 6.61 Å². The van der Waals surface area contributed by atoms with Crippen molar-refractivity contribution in [2.75, 3.05) is 19.7 Å². The van der Waals surface area contributed by atoms with Gasteiger partial charge in [0.1, 0.15) is 5.75 Å². The number of para-hydroxylation sites is 1. The van der Waals surface area contributed by atoms with Crippen LogP contribution >= 0.6 is 11.6 Å². The molecule has 6 heteroatoms. The number of benzene rings is 3. The Labute approximate surface area is 168 Å². The van der Waals surface area contributed by atoms with E-state index in [1.54, 1.807) is 24.3 Å². The summed E-state index contributed by atoms with van der Waals surface area (Å²) in [7, 11) is 0. The number of amides is 2. The molecule has 0 atom stereocenters. The summed E-state index contributed by atoms with van der Waals surface area (Å²) in [5, 5.41) is 8.21. The van der Waals surface area contributed by atoms with Gasteiger partial charge in [0, 0.05) is 13.1 Å². The van der Waals surface area contributed by atoms with Crippen molar-refractivity contribution in [1.82, 2.24) is 10.6 Å². The number of halogens is 1. The van der Waals surface area contributed by atoms with Gasteiger partial charge in [0.2, 0.25) is 5.91 Å². The van der Waals surface area contributed by atoms with E-state index in [0.29, 0.717) is 30.3 Å². The molecule has 0 heterocycles. The molecule has 3 rings (SSSR count). The zero-order valence-corrected chi connectivity index (χ0v) is 16.0. The topological polar surface area (TPSA) is 67.4 Å². The molecule has 0 aromatic heterocycles. The molecule has 0 unspecified atom stereocenters. The lowest BCUT2D eigenvalue weighted by molar-refractivity contribution is -0.124. The molecule has 0 aliphatic carbocycles. The van der Waals surface area contributed by atoms with E-state index in [-0.39, 0.29) is 18.4 Å². The van der Waals surface area contributed by atoms with Crippen LogP contribution < -0.4 is 15.4 Å². The maximum Gasteiger partial charge on any atom is 0.258 e. The molecule has 2 N–H and O–H groups in total. The number of carbonyl (C=O) groups is 2. The zero-order chi connectivity index (χ0) is 19.8. The molecule has 0 aliphatic rings. The maximum atomic E-state index is 12.1. The van der Waals surface area contributed by atoms with Crippen molar-refractivity contribution >= 4 is 34.2 Å². The number of fused-ring (bicyclic) bond motifs is 1. The third-order valence-electron chi connectivity index (χ3n) is 4.14. The highest BCUT2D eigenvalue weighted by molar-refractivity contribution is 6.32. The average molecular weight is 397 g/mol.